The molecule has 0 saturated carbocycles. The lowest BCUT2D eigenvalue weighted by atomic mass is 9.95. The largest absolute Gasteiger partial charge is 0.455 e. The molecule has 0 radical (unpaired) electrons. The summed E-state index contributed by atoms with van der Waals surface area (Å²) in [5, 5.41) is 4.12. The molecule has 0 atom stereocenters. The minimum atomic E-state index is 0.618. The Kier molecular flexibility index (Phi) is 6.42. The predicted molar refractivity (Wildman–Crippen MR) is 202 cm³/mol. The highest BCUT2D eigenvalue weighted by atomic mass is 16.3. The summed E-state index contributed by atoms with van der Waals surface area (Å²) in [5.41, 5.74) is 11.8. The van der Waals surface area contributed by atoms with Crippen LogP contribution < -0.4 is 0 Å². The van der Waals surface area contributed by atoms with E-state index in [0.29, 0.717) is 5.82 Å². The Balaban J connectivity index is 1.25. The summed E-state index contributed by atoms with van der Waals surface area (Å²) in [4.78, 5) is 14.9. The van der Waals surface area contributed by atoms with E-state index in [9.17, 15) is 0 Å². The molecule has 0 fully saturated rings. The molecule has 4 aromatic heterocycles. The summed E-state index contributed by atoms with van der Waals surface area (Å²) < 4.78 is 13.2. The van der Waals surface area contributed by atoms with Crippen molar-refractivity contribution in [2.75, 3.05) is 0 Å². The molecule has 5 heteroatoms. The molecule has 0 spiro atoms. The van der Waals surface area contributed by atoms with E-state index in [4.69, 9.17) is 18.8 Å². The summed E-state index contributed by atoms with van der Waals surface area (Å²) in [6.45, 7) is 0. The van der Waals surface area contributed by atoms with Crippen LogP contribution in [-0.4, -0.2) is 15.0 Å². The topological polar surface area (TPSA) is 65.0 Å². The van der Waals surface area contributed by atoms with Crippen molar-refractivity contribution in [3.63, 3.8) is 0 Å². The Hall–Kier alpha value is -6.85. The van der Waals surface area contributed by atoms with Gasteiger partial charge in [0, 0.05) is 67.3 Å². The van der Waals surface area contributed by atoms with Gasteiger partial charge >= 0.3 is 0 Å². The third-order valence-electron chi connectivity index (χ3n) is 9.43. The fourth-order valence-electron chi connectivity index (χ4n) is 7.13. The molecule has 50 heavy (non-hydrogen) atoms. The second kappa shape index (κ2) is 11.4. The van der Waals surface area contributed by atoms with E-state index in [1.807, 2.05) is 66.9 Å². The van der Waals surface area contributed by atoms with Gasteiger partial charge in [-0.25, -0.2) is 9.97 Å². The van der Waals surface area contributed by atoms with Crippen LogP contribution in [-0.2, 0) is 0 Å². The second-order valence-corrected chi connectivity index (χ2v) is 12.4. The summed E-state index contributed by atoms with van der Waals surface area (Å²) in [7, 11) is 0. The first-order valence-corrected chi connectivity index (χ1v) is 16.6. The van der Waals surface area contributed by atoms with E-state index < -0.39 is 0 Å². The predicted octanol–water partition coefficient (Wildman–Crippen LogP) is 12.0. The van der Waals surface area contributed by atoms with Crippen molar-refractivity contribution in [3.05, 3.63) is 164 Å². The van der Waals surface area contributed by atoms with Crippen LogP contribution >= 0.6 is 0 Å². The van der Waals surface area contributed by atoms with E-state index in [1.54, 1.807) is 6.20 Å². The van der Waals surface area contributed by atoms with Crippen LogP contribution in [0.4, 0.5) is 0 Å². The van der Waals surface area contributed by atoms with Crippen LogP contribution in [0, 0.1) is 0 Å². The molecule has 0 N–H and O–H groups in total. The number of para-hydroxylation sites is 3. The number of hydrogen-bond acceptors (Lipinski definition) is 5. The molecule has 6 aromatic carbocycles. The maximum atomic E-state index is 6.73. The molecule has 0 aliphatic carbocycles. The van der Waals surface area contributed by atoms with Gasteiger partial charge in [0.2, 0.25) is 0 Å². The maximum Gasteiger partial charge on any atom is 0.161 e. The van der Waals surface area contributed by atoms with Crippen molar-refractivity contribution >= 4 is 43.9 Å². The average Bonchev–Trinajstić information content (AvgIpc) is 3.77. The molecule has 0 amide bonds. The Morgan fingerprint density at radius 3 is 1.86 bits per heavy atom. The number of pyridine rings is 1. The molecule has 5 nitrogen and oxygen atoms in total. The highest BCUT2D eigenvalue weighted by Gasteiger charge is 2.22. The molecule has 0 aliphatic heterocycles. The van der Waals surface area contributed by atoms with Gasteiger partial charge in [0.15, 0.2) is 5.82 Å². The zero-order valence-electron chi connectivity index (χ0n) is 26.7. The van der Waals surface area contributed by atoms with Crippen LogP contribution in [0.25, 0.3) is 100 Å². The van der Waals surface area contributed by atoms with Gasteiger partial charge in [-0.3, -0.25) is 4.98 Å². The fourth-order valence-corrected chi connectivity index (χ4v) is 7.13. The smallest absolute Gasteiger partial charge is 0.161 e. The Morgan fingerprint density at radius 1 is 0.400 bits per heavy atom. The SMILES string of the molecule is c1ccc(-c2cc(-c3ccccc3-c3cccnc3)nc(-c3ccc(-c4cccc5c4oc4ccccc45)c4oc5ccccc5c34)n2)cc1. The zero-order chi connectivity index (χ0) is 33.0. The average molecular weight is 642 g/mol. The molecule has 10 rings (SSSR count). The first-order valence-electron chi connectivity index (χ1n) is 16.6. The molecule has 4 heterocycles. The van der Waals surface area contributed by atoms with Gasteiger partial charge in [0.25, 0.3) is 0 Å². The third kappa shape index (κ3) is 4.52. The number of benzene rings is 6. The Bertz CT molecular complexity index is 2870. The van der Waals surface area contributed by atoms with E-state index in [1.165, 1.54) is 0 Å². The van der Waals surface area contributed by atoms with Crippen molar-refractivity contribution in [2.24, 2.45) is 0 Å². The first kappa shape index (κ1) is 28.2. The van der Waals surface area contributed by atoms with Crippen molar-refractivity contribution in [1.29, 1.82) is 0 Å². The number of aromatic nitrogens is 3. The lowest BCUT2D eigenvalue weighted by molar-refractivity contribution is 0.665. The van der Waals surface area contributed by atoms with Crippen LogP contribution in [0.1, 0.15) is 0 Å². The lowest BCUT2D eigenvalue weighted by Gasteiger charge is -2.14. The summed E-state index contributed by atoms with van der Waals surface area (Å²) >= 11 is 0. The molecule has 0 aliphatic rings. The standard InChI is InChI=1S/C45H27N3O2/c1-2-12-28(13-3-1)38-26-39(31-16-5-4-15-30(31)29-14-11-25-46-27-29)48-45(47-38)37-24-23-35(44-42(37)36-18-7-9-22-41(36)50-44)34-20-10-19-33-32-17-6-8-21-40(32)49-43(33)34/h1-27H. The fraction of sp³-hybridized carbons (Fsp3) is 0. The highest BCUT2D eigenvalue weighted by Crippen LogP contribution is 2.44. The Morgan fingerprint density at radius 2 is 1.02 bits per heavy atom. The van der Waals surface area contributed by atoms with Gasteiger partial charge in [-0.05, 0) is 42.0 Å². The molecular formula is C45H27N3O2. The molecule has 0 bridgehead atoms. The molecule has 10 aromatic rings. The maximum absolute atomic E-state index is 6.73. The minimum absolute atomic E-state index is 0.618. The first-order chi connectivity index (χ1) is 24.8. The van der Waals surface area contributed by atoms with E-state index in [0.717, 1.165) is 94.2 Å². The van der Waals surface area contributed by atoms with Crippen molar-refractivity contribution < 1.29 is 8.83 Å². The Labute approximate surface area is 287 Å². The second-order valence-electron chi connectivity index (χ2n) is 12.4. The molecular weight excluding hydrogens is 615 g/mol. The lowest BCUT2D eigenvalue weighted by Crippen LogP contribution is -1.98. The highest BCUT2D eigenvalue weighted by molar-refractivity contribution is 6.18. The van der Waals surface area contributed by atoms with E-state index in [2.05, 4.69) is 96.0 Å². The van der Waals surface area contributed by atoms with E-state index >= 15 is 0 Å². The van der Waals surface area contributed by atoms with Gasteiger partial charge in [-0.15, -0.1) is 0 Å². The van der Waals surface area contributed by atoms with Crippen LogP contribution in [0.15, 0.2) is 173 Å². The molecule has 0 saturated heterocycles. The number of fused-ring (bicyclic) bond motifs is 6. The monoisotopic (exact) mass is 641 g/mol. The van der Waals surface area contributed by atoms with Crippen molar-refractivity contribution in [1.82, 2.24) is 15.0 Å². The van der Waals surface area contributed by atoms with Crippen LogP contribution in [0.5, 0.6) is 0 Å². The van der Waals surface area contributed by atoms with Gasteiger partial charge < -0.3 is 8.83 Å². The van der Waals surface area contributed by atoms with Crippen LogP contribution in [0.3, 0.4) is 0 Å². The number of nitrogens with zero attached hydrogens (tertiary/aromatic N) is 3. The normalized spacial score (nSPS) is 11.6. The third-order valence-corrected chi connectivity index (χ3v) is 9.43. The van der Waals surface area contributed by atoms with Gasteiger partial charge in [-0.2, -0.15) is 0 Å². The van der Waals surface area contributed by atoms with E-state index in [-0.39, 0.29) is 0 Å². The minimum Gasteiger partial charge on any atom is -0.455 e. The molecule has 234 valence electrons. The number of hydrogen-bond donors (Lipinski definition) is 0. The quantitative estimate of drug-likeness (QED) is 0.187. The van der Waals surface area contributed by atoms with Gasteiger partial charge in [0.05, 0.1) is 11.4 Å². The number of furan rings is 2. The summed E-state index contributed by atoms with van der Waals surface area (Å²) in [6.07, 6.45) is 3.68. The van der Waals surface area contributed by atoms with Gasteiger partial charge in [0.1, 0.15) is 22.3 Å². The molecule has 0 unspecified atom stereocenters. The zero-order valence-corrected chi connectivity index (χ0v) is 26.7. The van der Waals surface area contributed by atoms with Crippen molar-refractivity contribution in [3.8, 4) is 56.2 Å². The summed E-state index contributed by atoms with van der Waals surface area (Å²) in [6, 6.07) is 51.6. The number of rotatable bonds is 5. The van der Waals surface area contributed by atoms with Crippen LogP contribution in [0.2, 0.25) is 0 Å². The summed E-state index contributed by atoms with van der Waals surface area (Å²) in [5.74, 6) is 0.618. The van der Waals surface area contributed by atoms with Gasteiger partial charge in [-0.1, -0.05) is 115 Å². The van der Waals surface area contributed by atoms with Crippen molar-refractivity contribution in [2.45, 2.75) is 0 Å².